The Morgan fingerprint density at radius 1 is 1.17 bits per heavy atom. The molecule has 3 rings (SSSR count). The van der Waals surface area contributed by atoms with E-state index in [-0.39, 0.29) is 5.91 Å². The Kier molecular flexibility index (Phi) is 4.20. The van der Waals surface area contributed by atoms with E-state index < -0.39 is 0 Å². The molecule has 0 aliphatic rings. The van der Waals surface area contributed by atoms with E-state index in [0.29, 0.717) is 17.8 Å². The number of hydrogen-bond donors (Lipinski definition) is 1. The number of carbonyl (C=O) groups is 1. The molecule has 0 radical (unpaired) electrons. The highest BCUT2D eigenvalue weighted by Gasteiger charge is 2.17. The zero-order valence-corrected chi connectivity index (χ0v) is 14.4. The fourth-order valence-corrected chi connectivity index (χ4v) is 2.69. The molecular formula is C18H21N5O. The topological polar surface area (TPSA) is 64.7 Å². The first kappa shape index (κ1) is 16.0. The van der Waals surface area contributed by atoms with Crippen molar-refractivity contribution in [3.63, 3.8) is 0 Å². The maximum Gasteiger partial charge on any atom is 0.259 e. The normalized spacial score (nSPS) is 10.8. The Bertz CT molecular complexity index is 873. The van der Waals surface area contributed by atoms with Crippen molar-refractivity contribution in [3.05, 3.63) is 64.7 Å². The van der Waals surface area contributed by atoms with Crippen LogP contribution in [0.15, 0.2) is 36.7 Å². The molecule has 124 valence electrons. The molecule has 1 N–H and O–H groups in total. The second kappa shape index (κ2) is 6.31. The van der Waals surface area contributed by atoms with Crippen LogP contribution >= 0.6 is 0 Å². The van der Waals surface area contributed by atoms with Gasteiger partial charge in [0, 0.05) is 18.9 Å². The Balaban J connectivity index is 1.71. The van der Waals surface area contributed by atoms with Gasteiger partial charge in [0.25, 0.3) is 5.91 Å². The predicted octanol–water partition coefficient (Wildman–Crippen LogP) is 2.84. The molecule has 0 spiro atoms. The van der Waals surface area contributed by atoms with Crippen molar-refractivity contribution in [3.8, 4) is 0 Å². The second-order valence-electron chi connectivity index (χ2n) is 6.04. The Labute approximate surface area is 141 Å². The summed E-state index contributed by atoms with van der Waals surface area (Å²) in [5.41, 5.74) is 5.25. The summed E-state index contributed by atoms with van der Waals surface area (Å²) >= 11 is 0. The van der Waals surface area contributed by atoms with Crippen molar-refractivity contribution in [2.45, 2.75) is 27.3 Å². The van der Waals surface area contributed by atoms with E-state index in [1.165, 1.54) is 11.1 Å². The summed E-state index contributed by atoms with van der Waals surface area (Å²) in [7, 11) is 1.83. The molecule has 0 saturated heterocycles. The lowest BCUT2D eigenvalue weighted by atomic mass is 10.1. The molecule has 3 aromatic rings. The van der Waals surface area contributed by atoms with Crippen LogP contribution in [0.25, 0.3) is 0 Å². The number of anilines is 1. The molecule has 2 heterocycles. The van der Waals surface area contributed by atoms with Crippen molar-refractivity contribution >= 4 is 11.6 Å². The third-order valence-corrected chi connectivity index (χ3v) is 4.09. The number of benzene rings is 1. The average molecular weight is 323 g/mol. The van der Waals surface area contributed by atoms with Crippen LogP contribution in [0.4, 0.5) is 5.69 Å². The number of rotatable bonds is 4. The minimum atomic E-state index is -0.159. The van der Waals surface area contributed by atoms with Crippen LogP contribution in [-0.4, -0.2) is 25.5 Å². The maximum absolute atomic E-state index is 12.5. The Hall–Kier alpha value is -2.89. The molecule has 24 heavy (non-hydrogen) atoms. The number of aromatic nitrogens is 4. The van der Waals surface area contributed by atoms with E-state index in [1.54, 1.807) is 10.9 Å². The van der Waals surface area contributed by atoms with E-state index in [0.717, 1.165) is 11.4 Å². The number of aryl methyl sites for hydroxylation is 3. The van der Waals surface area contributed by atoms with Crippen LogP contribution in [0.3, 0.4) is 0 Å². The summed E-state index contributed by atoms with van der Waals surface area (Å²) in [6.45, 7) is 6.45. The smallest absolute Gasteiger partial charge is 0.259 e. The second-order valence-corrected chi connectivity index (χ2v) is 6.04. The van der Waals surface area contributed by atoms with Crippen LogP contribution in [0.5, 0.6) is 0 Å². The molecule has 1 amide bonds. The van der Waals surface area contributed by atoms with Crippen LogP contribution in [-0.2, 0) is 13.6 Å². The van der Waals surface area contributed by atoms with Crippen LogP contribution < -0.4 is 5.32 Å². The number of nitrogens with one attached hydrogen (secondary N) is 1. The largest absolute Gasteiger partial charge is 0.319 e. The molecule has 0 fully saturated rings. The van der Waals surface area contributed by atoms with Crippen molar-refractivity contribution < 1.29 is 4.79 Å². The summed E-state index contributed by atoms with van der Waals surface area (Å²) in [6, 6.07) is 8.32. The summed E-state index contributed by atoms with van der Waals surface area (Å²) in [4.78, 5) is 12.5. The highest BCUT2D eigenvalue weighted by atomic mass is 16.1. The van der Waals surface area contributed by atoms with Crippen LogP contribution in [0, 0.1) is 20.8 Å². The molecule has 2 aromatic heterocycles. The zero-order valence-electron chi connectivity index (χ0n) is 14.4. The van der Waals surface area contributed by atoms with Gasteiger partial charge in [-0.2, -0.15) is 10.2 Å². The van der Waals surface area contributed by atoms with Gasteiger partial charge >= 0.3 is 0 Å². The molecule has 0 aliphatic carbocycles. The number of nitrogens with zero attached hydrogens (tertiary/aromatic N) is 4. The van der Waals surface area contributed by atoms with Gasteiger partial charge in [-0.25, -0.2) is 0 Å². The van der Waals surface area contributed by atoms with Gasteiger partial charge in [0.05, 0.1) is 29.7 Å². The molecule has 0 aliphatic heterocycles. The lowest BCUT2D eigenvalue weighted by Crippen LogP contribution is -2.13. The van der Waals surface area contributed by atoms with E-state index >= 15 is 0 Å². The van der Waals surface area contributed by atoms with E-state index in [9.17, 15) is 4.79 Å². The van der Waals surface area contributed by atoms with Crippen molar-refractivity contribution in [1.82, 2.24) is 19.6 Å². The maximum atomic E-state index is 12.5. The fourth-order valence-electron chi connectivity index (χ4n) is 2.69. The van der Waals surface area contributed by atoms with Crippen molar-refractivity contribution in [1.29, 1.82) is 0 Å². The first-order valence-electron chi connectivity index (χ1n) is 7.83. The van der Waals surface area contributed by atoms with Gasteiger partial charge in [-0.3, -0.25) is 14.2 Å². The summed E-state index contributed by atoms with van der Waals surface area (Å²) in [5, 5.41) is 11.5. The summed E-state index contributed by atoms with van der Waals surface area (Å²) < 4.78 is 3.52. The van der Waals surface area contributed by atoms with Crippen LogP contribution in [0.2, 0.25) is 0 Å². The van der Waals surface area contributed by atoms with Gasteiger partial charge in [0.15, 0.2) is 0 Å². The number of hydrogen-bond acceptors (Lipinski definition) is 3. The molecular weight excluding hydrogens is 302 g/mol. The minimum Gasteiger partial charge on any atom is -0.319 e. The number of carbonyl (C=O) groups excluding carboxylic acids is 1. The lowest BCUT2D eigenvalue weighted by Gasteiger charge is -2.04. The monoisotopic (exact) mass is 323 g/mol. The predicted molar refractivity (Wildman–Crippen MR) is 93.1 cm³/mol. The van der Waals surface area contributed by atoms with Gasteiger partial charge in [-0.15, -0.1) is 0 Å². The first-order chi connectivity index (χ1) is 11.4. The van der Waals surface area contributed by atoms with Gasteiger partial charge in [-0.1, -0.05) is 29.8 Å². The van der Waals surface area contributed by atoms with Gasteiger partial charge < -0.3 is 5.32 Å². The van der Waals surface area contributed by atoms with E-state index in [2.05, 4.69) is 46.7 Å². The minimum absolute atomic E-state index is 0.159. The SMILES string of the molecule is Cc1ccc(Cn2cc(NC(=O)c3c(C)nn(C)c3C)cn2)cc1. The van der Waals surface area contributed by atoms with Gasteiger partial charge in [0.2, 0.25) is 0 Å². The summed E-state index contributed by atoms with van der Waals surface area (Å²) in [6.07, 6.45) is 3.49. The molecule has 6 heteroatoms. The van der Waals surface area contributed by atoms with E-state index in [4.69, 9.17) is 0 Å². The molecule has 0 saturated carbocycles. The molecule has 6 nitrogen and oxygen atoms in total. The molecule has 0 bridgehead atoms. The highest BCUT2D eigenvalue weighted by Crippen LogP contribution is 2.15. The highest BCUT2D eigenvalue weighted by molar-refractivity contribution is 6.05. The first-order valence-corrected chi connectivity index (χ1v) is 7.83. The zero-order chi connectivity index (χ0) is 17.3. The van der Waals surface area contributed by atoms with Crippen molar-refractivity contribution in [2.75, 3.05) is 5.32 Å². The van der Waals surface area contributed by atoms with Gasteiger partial charge in [0.1, 0.15) is 0 Å². The molecule has 1 aromatic carbocycles. The Morgan fingerprint density at radius 3 is 2.50 bits per heavy atom. The van der Waals surface area contributed by atoms with E-state index in [1.807, 2.05) is 31.8 Å². The van der Waals surface area contributed by atoms with Gasteiger partial charge in [-0.05, 0) is 26.3 Å². The molecule has 0 unspecified atom stereocenters. The lowest BCUT2D eigenvalue weighted by molar-refractivity contribution is 0.102. The average Bonchev–Trinajstić information content (AvgIpc) is 3.06. The standard InChI is InChI=1S/C18H21N5O/c1-12-5-7-15(8-6-12)10-23-11-16(9-19-23)20-18(24)17-13(2)21-22(4)14(17)3/h5-9,11H,10H2,1-4H3,(H,20,24). The number of amides is 1. The van der Waals surface area contributed by atoms with Crippen molar-refractivity contribution in [2.24, 2.45) is 7.05 Å². The quantitative estimate of drug-likeness (QED) is 0.803. The van der Waals surface area contributed by atoms with Crippen LogP contribution in [0.1, 0.15) is 32.9 Å². The Morgan fingerprint density at radius 2 is 1.88 bits per heavy atom. The molecule has 0 atom stereocenters. The fraction of sp³-hybridized carbons (Fsp3) is 0.278. The summed E-state index contributed by atoms with van der Waals surface area (Å²) in [5.74, 6) is -0.159. The third kappa shape index (κ3) is 3.22. The third-order valence-electron chi connectivity index (χ3n) is 4.09.